The number of phenols is 1. The summed E-state index contributed by atoms with van der Waals surface area (Å²) in [6.45, 7) is 10.7. The van der Waals surface area contributed by atoms with Gasteiger partial charge in [-0.25, -0.2) is 4.98 Å². The number of aromatic nitrogens is 2. The second kappa shape index (κ2) is 11.5. The van der Waals surface area contributed by atoms with Crippen LogP contribution < -0.4 is 0 Å². The van der Waals surface area contributed by atoms with Crippen LogP contribution in [0.25, 0.3) is 66.8 Å². The van der Waals surface area contributed by atoms with Crippen LogP contribution in [0.15, 0.2) is 95.5 Å². The number of benzene rings is 5. The third kappa shape index (κ3) is 5.14. The molecule has 220 valence electrons. The van der Waals surface area contributed by atoms with Gasteiger partial charge in [-0.1, -0.05) is 64.7 Å². The molecule has 5 heteroatoms. The molecule has 5 aromatic carbocycles. The molecule has 0 aliphatic carbocycles. The molecule has 0 bridgehead atoms. The topological polar surface area (TPSA) is 59.2 Å². The van der Waals surface area contributed by atoms with Gasteiger partial charge in [0.05, 0.1) is 11.1 Å². The first-order valence-electron chi connectivity index (χ1n) is 14.5. The molecule has 0 amide bonds. The van der Waals surface area contributed by atoms with Crippen LogP contribution in [0, 0.1) is 40.7 Å². The summed E-state index contributed by atoms with van der Waals surface area (Å²) in [7, 11) is 0. The van der Waals surface area contributed by atoms with Crippen LogP contribution in [0.4, 0.5) is 0 Å². The number of oxazole rings is 1. The van der Waals surface area contributed by atoms with Crippen molar-refractivity contribution in [1.82, 2.24) is 9.97 Å². The van der Waals surface area contributed by atoms with E-state index < -0.39 is 0 Å². The summed E-state index contributed by atoms with van der Waals surface area (Å²) in [4.78, 5) is 9.70. The van der Waals surface area contributed by atoms with Gasteiger partial charge in [0, 0.05) is 32.8 Å². The van der Waals surface area contributed by atoms with E-state index in [0.29, 0.717) is 17.0 Å². The zero-order chi connectivity index (χ0) is 29.8. The Labute approximate surface area is 271 Å². The fraction of sp³-hybridized carbons (Fsp3) is 0.128. The minimum Gasteiger partial charge on any atom is -0.507 e. The van der Waals surface area contributed by atoms with E-state index in [0.717, 1.165) is 44.2 Å². The van der Waals surface area contributed by atoms with Gasteiger partial charge in [-0.2, -0.15) is 0 Å². The Hall–Kier alpha value is -4.53. The predicted octanol–water partition coefficient (Wildman–Crippen LogP) is 10.1. The number of aryl methyl sites for hydroxylation is 5. The fourth-order valence-electron chi connectivity index (χ4n) is 6.30. The number of aromatic hydroxyl groups is 1. The maximum absolute atomic E-state index is 10.6. The summed E-state index contributed by atoms with van der Waals surface area (Å²) in [5, 5.41) is 11.7. The molecule has 2 aromatic heterocycles. The number of nitrogens with zero attached hydrogens (tertiary/aromatic N) is 2. The van der Waals surface area contributed by atoms with Crippen molar-refractivity contribution in [2.24, 2.45) is 0 Å². The van der Waals surface area contributed by atoms with Gasteiger partial charge < -0.3 is 9.52 Å². The smallest absolute Gasteiger partial charge is 0.230 e. The maximum atomic E-state index is 10.6. The van der Waals surface area contributed by atoms with Crippen molar-refractivity contribution in [3.05, 3.63) is 125 Å². The van der Waals surface area contributed by atoms with Gasteiger partial charge in [-0.15, -0.1) is 35.4 Å². The van der Waals surface area contributed by atoms with Gasteiger partial charge in [0.25, 0.3) is 0 Å². The zero-order valence-electron chi connectivity index (χ0n) is 25.2. The van der Waals surface area contributed by atoms with Gasteiger partial charge in [-0.3, -0.25) is 4.98 Å². The molecule has 4 nitrogen and oxygen atoms in total. The van der Waals surface area contributed by atoms with E-state index in [2.05, 4.69) is 101 Å². The molecule has 7 aromatic rings. The van der Waals surface area contributed by atoms with Crippen LogP contribution in [0.1, 0.15) is 27.8 Å². The van der Waals surface area contributed by atoms with Gasteiger partial charge in [0.2, 0.25) is 5.89 Å². The average Bonchev–Trinajstić information content (AvgIpc) is 3.41. The van der Waals surface area contributed by atoms with E-state index in [4.69, 9.17) is 14.4 Å². The molecular weight excluding hydrogens is 724 g/mol. The van der Waals surface area contributed by atoms with Crippen molar-refractivity contribution >= 4 is 22.0 Å². The third-order valence-corrected chi connectivity index (χ3v) is 8.18. The Bertz CT molecular complexity index is 2190. The first-order chi connectivity index (χ1) is 20.8. The van der Waals surface area contributed by atoms with Crippen molar-refractivity contribution in [3.8, 4) is 50.6 Å². The molecule has 0 saturated heterocycles. The van der Waals surface area contributed by atoms with Crippen LogP contribution in [0.3, 0.4) is 0 Å². The number of para-hydroxylation sites is 1. The van der Waals surface area contributed by atoms with E-state index in [1.807, 2.05) is 18.3 Å². The number of pyridine rings is 1. The van der Waals surface area contributed by atoms with Crippen molar-refractivity contribution in [2.75, 3.05) is 0 Å². The quantitative estimate of drug-likeness (QED) is 0.182. The molecule has 0 radical (unpaired) electrons. The zero-order valence-corrected chi connectivity index (χ0v) is 27.5. The Morgan fingerprint density at radius 3 is 2.07 bits per heavy atom. The van der Waals surface area contributed by atoms with E-state index >= 15 is 0 Å². The summed E-state index contributed by atoms with van der Waals surface area (Å²) in [6, 6.07) is 32.2. The number of hydrogen-bond donors (Lipinski definition) is 1. The molecule has 1 N–H and O–H groups in total. The van der Waals surface area contributed by atoms with E-state index in [9.17, 15) is 5.11 Å². The summed E-state index contributed by atoms with van der Waals surface area (Å²) in [5.41, 5.74) is 15.0. The minimum atomic E-state index is 0. The van der Waals surface area contributed by atoms with Crippen molar-refractivity contribution in [1.29, 1.82) is 0 Å². The minimum absolute atomic E-state index is 0. The van der Waals surface area contributed by atoms with Gasteiger partial charge >= 0.3 is 0 Å². The summed E-state index contributed by atoms with van der Waals surface area (Å²) < 4.78 is 6.37. The number of phenolic OH excluding ortho intramolecular Hbond substituents is 1. The molecule has 44 heavy (non-hydrogen) atoms. The maximum Gasteiger partial charge on any atom is 0.230 e. The summed E-state index contributed by atoms with van der Waals surface area (Å²) in [6.07, 6.45) is 1.87. The van der Waals surface area contributed by atoms with Crippen LogP contribution in [-0.4, -0.2) is 15.1 Å². The third-order valence-electron chi connectivity index (χ3n) is 8.18. The van der Waals surface area contributed by atoms with Crippen LogP contribution in [0.2, 0.25) is 0 Å². The summed E-state index contributed by atoms with van der Waals surface area (Å²) >= 11 is 0. The van der Waals surface area contributed by atoms with Gasteiger partial charge in [0.1, 0.15) is 11.3 Å². The van der Waals surface area contributed by atoms with Crippen LogP contribution in [0.5, 0.6) is 5.75 Å². The van der Waals surface area contributed by atoms with E-state index in [-0.39, 0.29) is 26.8 Å². The Balaban J connectivity index is 0.00000343. The van der Waals surface area contributed by atoms with Gasteiger partial charge in [0.15, 0.2) is 0 Å². The van der Waals surface area contributed by atoms with Crippen molar-refractivity contribution < 1.29 is 30.6 Å². The first kappa shape index (κ1) is 29.5. The standard InChI is InChI=1S/C39H31N2O2.Pt/c1-22-15-25(4)36(26(5)16-22)29-20-33(38-35(21-29)43-39(41-38)30-11-6-7-12-34(30)42)28-10-8-9-27(19-28)32-18-23(2)17-31-24(3)13-14-40-37(31)32;/h6-18,20-21,42H,1-5H3;/q-1;. The molecule has 0 saturated carbocycles. The second-order valence-corrected chi connectivity index (χ2v) is 11.5. The molecule has 0 aliphatic heterocycles. The second-order valence-electron chi connectivity index (χ2n) is 11.5. The molecule has 7 rings (SSSR count). The largest absolute Gasteiger partial charge is 0.507 e. The SMILES string of the molecule is Cc1cc(C)c(-c2cc(-c3[c-]c(-c4cc(C)cc5c(C)ccnc45)ccc3)c3nc(-c4ccccc4O)oc3c2)c(C)c1.[Pt]. The normalized spacial score (nSPS) is 11.2. The molecule has 0 fully saturated rings. The predicted molar refractivity (Wildman–Crippen MR) is 175 cm³/mol. The first-order valence-corrected chi connectivity index (χ1v) is 14.5. The van der Waals surface area contributed by atoms with Crippen molar-refractivity contribution in [3.63, 3.8) is 0 Å². The van der Waals surface area contributed by atoms with Gasteiger partial charge in [-0.05, 0) is 92.1 Å². The molecule has 0 aliphatic rings. The van der Waals surface area contributed by atoms with Crippen molar-refractivity contribution in [2.45, 2.75) is 34.6 Å². The molecule has 0 spiro atoms. The fourth-order valence-corrected chi connectivity index (χ4v) is 6.30. The van der Waals surface area contributed by atoms with Crippen LogP contribution in [-0.2, 0) is 21.1 Å². The monoisotopic (exact) mass is 754 g/mol. The molecular formula is C39H31N2O2Pt-. The Morgan fingerprint density at radius 2 is 1.34 bits per heavy atom. The number of hydrogen-bond acceptors (Lipinski definition) is 4. The summed E-state index contributed by atoms with van der Waals surface area (Å²) in [5.74, 6) is 0.507. The Morgan fingerprint density at radius 1 is 0.659 bits per heavy atom. The Kier molecular flexibility index (Phi) is 7.73. The van der Waals surface area contributed by atoms with Crippen LogP contribution >= 0.6 is 0 Å². The average molecular weight is 755 g/mol. The number of fused-ring (bicyclic) bond motifs is 2. The molecule has 2 heterocycles. The van der Waals surface area contributed by atoms with E-state index in [1.54, 1.807) is 12.1 Å². The molecule has 0 unspecified atom stereocenters. The molecule has 0 atom stereocenters. The van der Waals surface area contributed by atoms with E-state index in [1.165, 1.54) is 33.4 Å². The number of rotatable bonds is 4.